The van der Waals surface area contributed by atoms with Gasteiger partial charge in [0.15, 0.2) is 6.10 Å². The van der Waals surface area contributed by atoms with Crippen LogP contribution >= 0.6 is 0 Å². The molecule has 4 unspecified atom stereocenters. The fourth-order valence-corrected chi connectivity index (χ4v) is 3.36. The maximum Gasteiger partial charge on any atom is 0.322 e. The zero-order chi connectivity index (χ0) is 21.9. The first-order valence-electron chi connectivity index (χ1n) is 8.90. The summed E-state index contributed by atoms with van der Waals surface area (Å²) in [7, 11) is 0. The molecule has 1 fully saturated rings. The second-order valence-electron chi connectivity index (χ2n) is 8.19. The van der Waals surface area contributed by atoms with E-state index in [-0.39, 0.29) is 0 Å². The molecule has 0 aromatic heterocycles. The lowest BCUT2D eigenvalue weighted by molar-refractivity contribution is -0.253. The molecule has 0 aliphatic carbocycles. The zero-order valence-electron chi connectivity index (χ0n) is 16.8. The Morgan fingerprint density at radius 2 is 1.61 bits per heavy atom. The third-order valence-corrected chi connectivity index (χ3v) is 4.44. The molecule has 1 aliphatic heterocycles. The minimum atomic E-state index is -2.07. The van der Waals surface area contributed by atoms with Crippen molar-refractivity contribution in [2.24, 2.45) is 5.10 Å². The van der Waals surface area contributed by atoms with Crippen LogP contribution in [0.2, 0.25) is 0 Å². The highest BCUT2D eigenvalue weighted by Crippen LogP contribution is 2.37. The number of aliphatic hydroxyl groups is 5. The number of hydroxylamine groups is 2. The lowest BCUT2D eigenvalue weighted by Crippen LogP contribution is -2.61. The summed E-state index contributed by atoms with van der Waals surface area (Å²) in [5.41, 5.74) is 1.48. The number of nitrogens with one attached hydrogen (secondary N) is 1. The Balaban J connectivity index is 2.84. The van der Waals surface area contributed by atoms with Gasteiger partial charge in [-0.1, -0.05) is 0 Å². The highest BCUT2D eigenvalue weighted by Gasteiger charge is 2.47. The van der Waals surface area contributed by atoms with Crippen molar-refractivity contribution in [3.05, 3.63) is 0 Å². The quantitative estimate of drug-likeness (QED) is 0.263. The first-order valence-corrected chi connectivity index (χ1v) is 8.90. The van der Waals surface area contributed by atoms with Gasteiger partial charge < -0.3 is 30.4 Å². The molecule has 1 aliphatic rings. The Bertz CT molecular complexity index is 587. The number of hydrogen-bond acceptors (Lipinski definition) is 10. The van der Waals surface area contributed by atoms with Crippen molar-refractivity contribution in [2.75, 3.05) is 6.61 Å². The largest absolute Gasteiger partial charge is 0.394 e. The average molecular weight is 405 g/mol. The first-order chi connectivity index (χ1) is 12.7. The van der Waals surface area contributed by atoms with Crippen LogP contribution in [0.3, 0.4) is 0 Å². The lowest BCUT2D eigenvalue weighted by Gasteiger charge is -2.50. The van der Waals surface area contributed by atoms with Gasteiger partial charge in [-0.25, -0.2) is 5.43 Å². The van der Waals surface area contributed by atoms with Crippen LogP contribution in [0.15, 0.2) is 5.10 Å². The maximum absolute atomic E-state index is 12.0. The number of amides is 1. The summed E-state index contributed by atoms with van der Waals surface area (Å²) >= 11 is 0. The number of piperidine rings is 1. The van der Waals surface area contributed by atoms with Crippen molar-refractivity contribution in [1.29, 1.82) is 0 Å². The molecular formula is C17H31N3O8. The summed E-state index contributed by atoms with van der Waals surface area (Å²) in [6.45, 7) is 7.85. The van der Waals surface area contributed by atoms with Gasteiger partial charge in [-0.2, -0.15) is 5.10 Å². The second kappa shape index (κ2) is 9.25. The minimum absolute atomic E-state index is 0.356. The lowest BCUT2D eigenvalue weighted by atomic mass is 9.81. The molecule has 162 valence electrons. The molecule has 28 heavy (non-hydrogen) atoms. The van der Waals surface area contributed by atoms with Gasteiger partial charge in [-0.3, -0.25) is 9.59 Å². The van der Waals surface area contributed by atoms with Crippen LogP contribution in [0.25, 0.3) is 0 Å². The van der Waals surface area contributed by atoms with Crippen molar-refractivity contribution in [1.82, 2.24) is 10.5 Å². The van der Waals surface area contributed by atoms with E-state index in [4.69, 9.17) is 9.94 Å². The molecule has 0 aromatic carbocycles. The molecule has 1 amide bonds. The average Bonchev–Trinajstić information content (AvgIpc) is 2.59. The molecule has 0 radical (unpaired) electrons. The van der Waals surface area contributed by atoms with Crippen LogP contribution in [-0.4, -0.2) is 90.3 Å². The molecule has 0 aromatic rings. The second-order valence-corrected chi connectivity index (χ2v) is 8.19. The number of hydrogen-bond donors (Lipinski definition) is 6. The summed E-state index contributed by atoms with van der Waals surface area (Å²) in [6.07, 6.45) is -6.99. The van der Waals surface area contributed by atoms with Crippen LogP contribution in [0.5, 0.6) is 0 Å². The molecular weight excluding hydrogens is 374 g/mol. The van der Waals surface area contributed by atoms with Gasteiger partial charge in [0.25, 0.3) is 5.91 Å². The predicted octanol–water partition coefficient (Wildman–Crippen LogP) is -1.97. The molecule has 0 spiro atoms. The molecule has 0 bridgehead atoms. The summed E-state index contributed by atoms with van der Waals surface area (Å²) in [5, 5.41) is 52.8. The summed E-state index contributed by atoms with van der Waals surface area (Å²) in [5.74, 6) is -1.53. The van der Waals surface area contributed by atoms with E-state index in [9.17, 15) is 30.0 Å². The van der Waals surface area contributed by atoms with E-state index in [1.54, 1.807) is 5.06 Å². The molecule has 1 heterocycles. The van der Waals surface area contributed by atoms with E-state index in [1.165, 1.54) is 6.92 Å². The van der Waals surface area contributed by atoms with Gasteiger partial charge >= 0.3 is 5.97 Å². The van der Waals surface area contributed by atoms with Crippen LogP contribution < -0.4 is 5.43 Å². The number of carbonyl (C=O) groups is 2. The number of nitrogens with zero attached hydrogens (tertiary/aromatic N) is 2. The number of rotatable bonds is 7. The van der Waals surface area contributed by atoms with Gasteiger partial charge in [0, 0.05) is 25.5 Å². The third-order valence-electron chi connectivity index (χ3n) is 4.44. The van der Waals surface area contributed by atoms with Gasteiger partial charge in [-0.15, -0.1) is 5.06 Å². The Kier molecular flexibility index (Phi) is 8.06. The Morgan fingerprint density at radius 3 is 2.04 bits per heavy atom. The van der Waals surface area contributed by atoms with Gasteiger partial charge in [0.05, 0.1) is 17.7 Å². The Hall–Kier alpha value is -1.63. The highest BCUT2D eigenvalue weighted by molar-refractivity contribution is 5.89. The van der Waals surface area contributed by atoms with E-state index in [1.807, 2.05) is 27.7 Å². The topological polar surface area (TPSA) is 172 Å². The van der Waals surface area contributed by atoms with Crippen molar-refractivity contribution in [2.45, 2.75) is 83.0 Å². The van der Waals surface area contributed by atoms with Crippen molar-refractivity contribution >= 4 is 17.6 Å². The number of aliphatic hydroxyl groups excluding tert-OH is 5. The third kappa shape index (κ3) is 5.93. The highest BCUT2D eigenvalue weighted by atomic mass is 16.7. The molecule has 4 atom stereocenters. The summed E-state index contributed by atoms with van der Waals surface area (Å²) in [4.78, 5) is 28.7. The van der Waals surface area contributed by atoms with Crippen molar-refractivity contribution < 1.29 is 40.0 Å². The van der Waals surface area contributed by atoms with Crippen LogP contribution in [0, 0.1) is 0 Å². The monoisotopic (exact) mass is 405 g/mol. The normalized spacial score (nSPS) is 23.3. The fraction of sp³-hybridized carbons (Fsp3) is 0.824. The van der Waals surface area contributed by atoms with Gasteiger partial charge in [0.1, 0.15) is 18.3 Å². The summed E-state index contributed by atoms with van der Waals surface area (Å²) < 4.78 is 0. The van der Waals surface area contributed by atoms with E-state index in [2.05, 4.69) is 10.5 Å². The molecule has 0 saturated carbocycles. The molecule has 1 saturated heterocycles. The van der Waals surface area contributed by atoms with Crippen molar-refractivity contribution in [3.63, 3.8) is 0 Å². The smallest absolute Gasteiger partial charge is 0.322 e. The standard InChI is InChI=1S/C17H31N3O8/c1-9(22)28-20-16(2,3)6-10(7-17(20,4)5)18-19-15(27)14(26)13(25)12(24)11(23)8-21/h11-14,21,23-26H,6-8H2,1-5H3,(H,19,27). The van der Waals surface area contributed by atoms with Crippen molar-refractivity contribution in [3.8, 4) is 0 Å². The fourth-order valence-electron chi connectivity index (χ4n) is 3.36. The van der Waals surface area contributed by atoms with Gasteiger partial charge in [0.2, 0.25) is 0 Å². The minimum Gasteiger partial charge on any atom is -0.394 e. The van der Waals surface area contributed by atoms with E-state index >= 15 is 0 Å². The zero-order valence-corrected chi connectivity index (χ0v) is 16.8. The Morgan fingerprint density at radius 1 is 1.11 bits per heavy atom. The van der Waals surface area contributed by atoms with Crippen LogP contribution in [0.4, 0.5) is 0 Å². The number of carbonyl (C=O) groups excluding carboxylic acids is 2. The SMILES string of the molecule is CC(=O)ON1C(C)(C)CC(=NNC(=O)C(O)C(O)C(O)C(O)CO)CC1(C)C. The maximum atomic E-state index is 12.0. The predicted molar refractivity (Wildman–Crippen MR) is 97.7 cm³/mol. The van der Waals surface area contributed by atoms with Gasteiger partial charge in [-0.05, 0) is 27.7 Å². The van der Waals surface area contributed by atoms with E-state index in [0.29, 0.717) is 18.6 Å². The summed E-state index contributed by atoms with van der Waals surface area (Å²) in [6, 6.07) is 0. The van der Waals surface area contributed by atoms with E-state index in [0.717, 1.165) is 0 Å². The van der Waals surface area contributed by atoms with Crippen LogP contribution in [0.1, 0.15) is 47.5 Å². The van der Waals surface area contributed by atoms with Crippen LogP contribution in [-0.2, 0) is 14.4 Å². The molecule has 11 nitrogen and oxygen atoms in total. The van der Waals surface area contributed by atoms with E-state index < -0.39 is 54.0 Å². The molecule has 6 N–H and O–H groups in total. The first kappa shape index (κ1) is 24.4. The molecule has 1 rings (SSSR count). The Labute approximate surface area is 163 Å². The number of hydrazone groups is 1. The molecule has 11 heteroatoms.